The van der Waals surface area contributed by atoms with Crippen molar-refractivity contribution in [3.05, 3.63) is 39.9 Å². The van der Waals surface area contributed by atoms with Crippen LogP contribution in [0.25, 0.3) is 6.08 Å². The summed E-state index contributed by atoms with van der Waals surface area (Å²) in [4.78, 5) is 0. The van der Waals surface area contributed by atoms with E-state index in [0.29, 0.717) is 5.92 Å². The summed E-state index contributed by atoms with van der Waals surface area (Å²) in [6.07, 6.45) is 2.26. The second kappa shape index (κ2) is 6.09. The van der Waals surface area contributed by atoms with Crippen LogP contribution >= 0.6 is 15.9 Å². The molecule has 15 heavy (non-hydrogen) atoms. The maximum atomic E-state index is 3.44. The molecule has 0 fully saturated rings. The van der Waals surface area contributed by atoms with Crippen LogP contribution in [0.2, 0.25) is 0 Å². The van der Waals surface area contributed by atoms with Gasteiger partial charge in [-0.15, -0.1) is 0 Å². The molecule has 0 atom stereocenters. The topological polar surface area (TPSA) is 12.0 Å². The van der Waals surface area contributed by atoms with Crippen molar-refractivity contribution in [3.8, 4) is 0 Å². The van der Waals surface area contributed by atoms with Crippen molar-refractivity contribution in [2.24, 2.45) is 5.92 Å². The molecule has 1 N–H and O–H groups in total. The molecule has 0 amide bonds. The van der Waals surface area contributed by atoms with E-state index in [-0.39, 0.29) is 0 Å². The monoisotopic (exact) mass is 267 g/mol. The summed E-state index contributed by atoms with van der Waals surface area (Å²) >= 11 is 3.44. The van der Waals surface area contributed by atoms with Crippen LogP contribution in [0.4, 0.5) is 0 Å². The number of rotatable bonds is 4. The van der Waals surface area contributed by atoms with Gasteiger partial charge >= 0.3 is 0 Å². The van der Waals surface area contributed by atoms with E-state index >= 15 is 0 Å². The van der Waals surface area contributed by atoms with Crippen molar-refractivity contribution in [2.75, 3.05) is 13.6 Å². The number of likely N-dealkylation sites (N-methyl/N-ethyl adjacent to an activating group) is 1. The Morgan fingerprint density at radius 2 is 1.93 bits per heavy atom. The smallest absolute Gasteiger partial charge is 0.0175 e. The van der Waals surface area contributed by atoms with Crippen molar-refractivity contribution >= 4 is 22.0 Å². The van der Waals surface area contributed by atoms with Gasteiger partial charge in [-0.25, -0.2) is 0 Å². The van der Waals surface area contributed by atoms with Gasteiger partial charge in [0.25, 0.3) is 0 Å². The second-order valence-electron chi connectivity index (χ2n) is 3.96. The number of halogens is 1. The number of hydrogen-bond donors (Lipinski definition) is 1. The molecular weight excluding hydrogens is 250 g/mol. The van der Waals surface area contributed by atoms with Crippen LogP contribution < -0.4 is 5.32 Å². The standard InChI is InChI=1S/C13H18BrN/c1-10(2)12(9-15-3)8-11-4-6-13(14)7-5-11/h4-8,10,15H,9H2,1-3H3. The van der Waals surface area contributed by atoms with Crippen molar-refractivity contribution < 1.29 is 0 Å². The molecule has 0 bridgehead atoms. The lowest BCUT2D eigenvalue weighted by Crippen LogP contribution is -2.13. The summed E-state index contributed by atoms with van der Waals surface area (Å²) in [5, 5.41) is 3.20. The van der Waals surface area contributed by atoms with Gasteiger partial charge in [-0.3, -0.25) is 0 Å². The van der Waals surface area contributed by atoms with Gasteiger partial charge in [-0.1, -0.05) is 53.6 Å². The highest BCUT2D eigenvalue weighted by Crippen LogP contribution is 2.16. The molecule has 1 rings (SSSR count). The third-order valence-corrected chi connectivity index (χ3v) is 2.87. The highest BCUT2D eigenvalue weighted by Gasteiger charge is 2.01. The first-order valence-corrected chi connectivity index (χ1v) is 6.03. The van der Waals surface area contributed by atoms with Crippen LogP contribution in [-0.2, 0) is 0 Å². The van der Waals surface area contributed by atoms with E-state index in [9.17, 15) is 0 Å². The average molecular weight is 268 g/mol. The molecule has 0 spiro atoms. The Morgan fingerprint density at radius 1 is 1.33 bits per heavy atom. The van der Waals surface area contributed by atoms with Crippen molar-refractivity contribution in [1.29, 1.82) is 0 Å². The Hall–Kier alpha value is -0.600. The molecule has 0 saturated carbocycles. The Morgan fingerprint density at radius 3 is 2.40 bits per heavy atom. The lowest BCUT2D eigenvalue weighted by Gasteiger charge is -2.10. The Labute approximate surface area is 101 Å². The number of nitrogens with one attached hydrogen (secondary N) is 1. The van der Waals surface area contributed by atoms with Crippen LogP contribution in [0, 0.1) is 5.92 Å². The molecule has 1 aromatic carbocycles. The third-order valence-electron chi connectivity index (χ3n) is 2.34. The summed E-state index contributed by atoms with van der Waals surface area (Å²) in [6, 6.07) is 8.40. The van der Waals surface area contributed by atoms with Gasteiger partial charge in [-0.2, -0.15) is 0 Å². The van der Waals surface area contributed by atoms with E-state index in [1.807, 2.05) is 7.05 Å². The summed E-state index contributed by atoms with van der Waals surface area (Å²) in [5.41, 5.74) is 2.69. The van der Waals surface area contributed by atoms with Crippen LogP contribution in [0.5, 0.6) is 0 Å². The molecule has 1 nitrogen and oxygen atoms in total. The molecule has 0 radical (unpaired) electrons. The molecule has 0 saturated heterocycles. The molecule has 1 aromatic rings. The molecule has 0 aliphatic carbocycles. The maximum absolute atomic E-state index is 3.44. The lowest BCUT2D eigenvalue weighted by atomic mass is 10.0. The zero-order valence-corrected chi connectivity index (χ0v) is 11.1. The minimum Gasteiger partial charge on any atom is -0.316 e. The molecule has 82 valence electrons. The summed E-state index contributed by atoms with van der Waals surface area (Å²) < 4.78 is 1.12. The fraction of sp³-hybridized carbons (Fsp3) is 0.385. The highest BCUT2D eigenvalue weighted by atomic mass is 79.9. The Bertz CT molecular complexity index is 325. The number of benzene rings is 1. The maximum Gasteiger partial charge on any atom is 0.0175 e. The van der Waals surface area contributed by atoms with E-state index < -0.39 is 0 Å². The van der Waals surface area contributed by atoms with Crippen LogP contribution in [-0.4, -0.2) is 13.6 Å². The first-order chi connectivity index (χ1) is 7.13. The van der Waals surface area contributed by atoms with Crippen LogP contribution in [0.1, 0.15) is 19.4 Å². The zero-order chi connectivity index (χ0) is 11.3. The normalized spacial score (nSPS) is 12.2. The molecule has 0 unspecified atom stereocenters. The molecule has 0 aliphatic rings. The van der Waals surface area contributed by atoms with Gasteiger partial charge in [0.15, 0.2) is 0 Å². The van der Waals surface area contributed by atoms with Gasteiger partial charge in [-0.05, 0) is 30.7 Å². The predicted octanol–water partition coefficient (Wildman–Crippen LogP) is 3.71. The SMILES string of the molecule is CNCC(=Cc1ccc(Br)cc1)C(C)C. The minimum absolute atomic E-state index is 0.584. The highest BCUT2D eigenvalue weighted by molar-refractivity contribution is 9.10. The second-order valence-corrected chi connectivity index (χ2v) is 4.87. The third kappa shape index (κ3) is 4.18. The largest absolute Gasteiger partial charge is 0.316 e. The molecule has 0 heterocycles. The van der Waals surface area contributed by atoms with Gasteiger partial charge in [0, 0.05) is 11.0 Å². The summed E-state index contributed by atoms with van der Waals surface area (Å²) in [7, 11) is 1.98. The average Bonchev–Trinajstić information content (AvgIpc) is 2.20. The Balaban J connectivity index is 2.86. The number of hydrogen-bond acceptors (Lipinski definition) is 1. The van der Waals surface area contributed by atoms with Gasteiger partial charge in [0.1, 0.15) is 0 Å². The van der Waals surface area contributed by atoms with Gasteiger partial charge < -0.3 is 5.32 Å². The van der Waals surface area contributed by atoms with E-state index in [4.69, 9.17) is 0 Å². The first kappa shape index (κ1) is 12.5. The van der Waals surface area contributed by atoms with E-state index in [1.54, 1.807) is 0 Å². The van der Waals surface area contributed by atoms with E-state index in [2.05, 4.69) is 65.4 Å². The van der Waals surface area contributed by atoms with Gasteiger partial charge in [0.2, 0.25) is 0 Å². The fourth-order valence-corrected chi connectivity index (χ4v) is 1.66. The summed E-state index contributed by atoms with van der Waals surface area (Å²) in [5.74, 6) is 0.584. The minimum atomic E-state index is 0.584. The fourth-order valence-electron chi connectivity index (χ4n) is 1.40. The van der Waals surface area contributed by atoms with Crippen molar-refractivity contribution in [2.45, 2.75) is 13.8 Å². The van der Waals surface area contributed by atoms with Gasteiger partial charge in [0.05, 0.1) is 0 Å². The van der Waals surface area contributed by atoms with E-state index in [0.717, 1.165) is 11.0 Å². The first-order valence-electron chi connectivity index (χ1n) is 5.24. The molecule has 0 aliphatic heterocycles. The molecule has 2 heteroatoms. The summed E-state index contributed by atoms with van der Waals surface area (Å²) in [6.45, 7) is 5.40. The van der Waals surface area contributed by atoms with Crippen molar-refractivity contribution in [3.63, 3.8) is 0 Å². The quantitative estimate of drug-likeness (QED) is 0.877. The zero-order valence-electron chi connectivity index (χ0n) is 9.55. The lowest BCUT2D eigenvalue weighted by molar-refractivity contribution is 0.713. The van der Waals surface area contributed by atoms with E-state index in [1.165, 1.54) is 11.1 Å². The molecular formula is C13H18BrN. The predicted molar refractivity (Wildman–Crippen MR) is 70.9 cm³/mol. The van der Waals surface area contributed by atoms with Crippen LogP contribution in [0.3, 0.4) is 0 Å². The Kier molecular flexibility index (Phi) is 5.06. The van der Waals surface area contributed by atoms with Crippen LogP contribution in [0.15, 0.2) is 34.3 Å². The molecule has 0 aromatic heterocycles. The van der Waals surface area contributed by atoms with Crippen molar-refractivity contribution in [1.82, 2.24) is 5.32 Å².